The first-order valence-corrected chi connectivity index (χ1v) is 16.1. The number of aromatic nitrogens is 4. The monoisotopic (exact) mass is 590 g/mol. The molecule has 0 fully saturated rings. The van der Waals surface area contributed by atoms with Crippen LogP contribution in [-0.4, -0.2) is 19.1 Å². The first kappa shape index (κ1) is 25.6. The van der Waals surface area contributed by atoms with Crippen molar-refractivity contribution >= 4 is 27.6 Å². The lowest BCUT2D eigenvalue weighted by molar-refractivity contribution is 0.544. The largest absolute Gasteiger partial charge is 0.316 e. The second kappa shape index (κ2) is 9.88. The minimum Gasteiger partial charge on any atom is -0.316 e. The van der Waals surface area contributed by atoms with E-state index in [1.54, 1.807) is 0 Å². The predicted molar refractivity (Wildman–Crippen MR) is 187 cm³/mol. The molecule has 4 heteroatoms. The zero-order chi connectivity index (χ0) is 30.2. The van der Waals surface area contributed by atoms with Gasteiger partial charge in [0.15, 0.2) is 0 Å². The lowest BCUT2D eigenvalue weighted by Gasteiger charge is -2.35. The molecule has 0 bridgehead atoms. The summed E-state index contributed by atoms with van der Waals surface area (Å²) in [6.07, 6.45) is 19.9. The molecule has 3 heterocycles. The average molecular weight is 591 g/mol. The van der Waals surface area contributed by atoms with Crippen LogP contribution in [0.15, 0.2) is 168 Å². The number of benzene rings is 4. The number of rotatable bonds is 3. The zero-order valence-corrected chi connectivity index (χ0v) is 25.2. The van der Waals surface area contributed by atoms with Gasteiger partial charge in [-0.05, 0) is 71.2 Å². The number of allylic oxidation sites excluding steroid dienone is 12. The van der Waals surface area contributed by atoms with Crippen molar-refractivity contribution < 1.29 is 0 Å². The number of imidazole rings is 2. The Bertz CT molecular complexity index is 2410. The Hall–Kier alpha value is -5.74. The minimum atomic E-state index is 0.183. The van der Waals surface area contributed by atoms with Gasteiger partial charge in [-0.3, -0.25) is 4.57 Å². The fraction of sp³-hybridized carbons (Fsp3) is 0.0952. The lowest BCUT2D eigenvalue weighted by Crippen LogP contribution is -2.24. The predicted octanol–water partition coefficient (Wildman–Crippen LogP) is 9.70. The van der Waals surface area contributed by atoms with Crippen LogP contribution in [-0.2, 0) is 0 Å². The van der Waals surface area contributed by atoms with Gasteiger partial charge in [-0.25, -0.2) is 9.97 Å². The molecule has 3 aliphatic carbocycles. The number of para-hydroxylation sites is 5. The van der Waals surface area contributed by atoms with Crippen molar-refractivity contribution in [1.82, 2.24) is 19.1 Å². The van der Waals surface area contributed by atoms with Crippen molar-refractivity contribution in [1.29, 1.82) is 0 Å². The van der Waals surface area contributed by atoms with E-state index in [2.05, 4.69) is 161 Å². The molecule has 10 rings (SSSR count). The maximum atomic E-state index is 5.11. The molecule has 0 N–H and O–H groups in total. The van der Waals surface area contributed by atoms with E-state index in [1.807, 2.05) is 0 Å². The van der Waals surface area contributed by atoms with Crippen LogP contribution < -0.4 is 0 Å². The molecule has 0 amide bonds. The Morgan fingerprint density at radius 1 is 0.630 bits per heavy atom. The van der Waals surface area contributed by atoms with Crippen molar-refractivity contribution in [2.24, 2.45) is 5.92 Å². The molecule has 1 aliphatic heterocycles. The number of fused-ring (bicyclic) bond motifs is 10. The summed E-state index contributed by atoms with van der Waals surface area (Å²) in [5.41, 5.74) is 13.3. The van der Waals surface area contributed by atoms with Gasteiger partial charge in [-0.1, -0.05) is 109 Å². The van der Waals surface area contributed by atoms with E-state index in [1.165, 1.54) is 33.4 Å². The van der Waals surface area contributed by atoms with E-state index in [0.717, 1.165) is 45.9 Å². The Kier molecular flexibility index (Phi) is 5.49. The van der Waals surface area contributed by atoms with Crippen molar-refractivity contribution in [2.75, 3.05) is 0 Å². The maximum absolute atomic E-state index is 5.11. The van der Waals surface area contributed by atoms with Gasteiger partial charge in [0.25, 0.3) is 0 Å². The summed E-state index contributed by atoms with van der Waals surface area (Å²) in [5.74, 6) is 2.66. The van der Waals surface area contributed by atoms with Crippen LogP contribution in [0, 0.1) is 5.92 Å². The Labute approximate surface area is 267 Å². The molecule has 46 heavy (non-hydrogen) atoms. The highest BCUT2D eigenvalue weighted by molar-refractivity contribution is 5.86. The number of hydrogen-bond donors (Lipinski definition) is 0. The van der Waals surface area contributed by atoms with Crippen molar-refractivity contribution in [3.05, 3.63) is 180 Å². The smallest absolute Gasteiger partial charge is 0.145 e. The van der Waals surface area contributed by atoms with Gasteiger partial charge in [-0.2, -0.15) is 0 Å². The summed E-state index contributed by atoms with van der Waals surface area (Å²) in [5, 5.41) is 0. The van der Waals surface area contributed by atoms with Crippen LogP contribution in [0.5, 0.6) is 0 Å². The Morgan fingerprint density at radius 3 is 2.24 bits per heavy atom. The van der Waals surface area contributed by atoms with Gasteiger partial charge in [0.05, 0.1) is 28.1 Å². The normalized spacial score (nSPS) is 21.1. The van der Waals surface area contributed by atoms with Gasteiger partial charge in [-0.15, -0.1) is 0 Å². The summed E-state index contributed by atoms with van der Waals surface area (Å²) < 4.78 is 4.74. The Morgan fingerprint density at radius 2 is 1.35 bits per heavy atom. The molecule has 0 radical (unpaired) electrons. The molecule has 6 aromatic rings. The highest BCUT2D eigenvalue weighted by Gasteiger charge is 2.35. The quantitative estimate of drug-likeness (QED) is 0.206. The highest BCUT2D eigenvalue weighted by atomic mass is 15.1. The van der Waals surface area contributed by atoms with Crippen LogP contribution in [0.2, 0.25) is 0 Å². The summed E-state index contributed by atoms with van der Waals surface area (Å²) in [6, 6.07) is 36.4. The molecule has 0 spiro atoms. The van der Waals surface area contributed by atoms with Crippen LogP contribution in [0.1, 0.15) is 29.8 Å². The SMILES string of the molecule is C1=CC2c3ccccc3-c3nc4ccccc4n3C2C=C1C1=CC=C2C=C(c3nc4ccccc4n3-c3ccccc3)C=CC2C1. The van der Waals surface area contributed by atoms with E-state index >= 15 is 0 Å². The molecule has 2 aromatic heterocycles. The number of hydrogen-bond acceptors (Lipinski definition) is 2. The van der Waals surface area contributed by atoms with E-state index in [0.29, 0.717) is 5.92 Å². The first-order chi connectivity index (χ1) is 22.8. The molecular formula is C42H30N4. The first-order valence-electron chi connectivity index (χ1n) is 16.1. The molecule has 4 nitrogen and oxygen atoms in total. The molecule has 4 aromatic carbocycles. The highest BCUT2D eigenvalue weighted by Crippen LogP contribution is 2.49. The van der Waals surface area contributed by atoms with E-state index in [-0.39, 0.29) is 12.0 Å². The van der Waals surface area contributed by atoms with Crippen LogP contribution in [0.4, 0.5) is 0 Å². The molecule has 218 valence electrons. The standard InChI is InChI=1S/C42H30N4/c1-2-10-32(11-3-1)45-38-16-8-6-14-36(38)43-41(45)31-21-20-27-24-28(18-19-29(27)25-31)30-22-23-34-33-12-4-5-13-35(33)42-44-37-15-7-9-17-39(37)46(42)40(34)26-30/h1-23,25-27,34,40H,24H2. The second-order valence-corrected chi connectivity index (χ2v) is 12.6. The third kappa shape index (κ3) is 3.80. The fourth-order valence-corrected chi connectivity index (χ4v) is 7.87. The summed E-state index contributed by atoms with van der Waals surface area (Å²) >= 11 is 0. The van der Waals surface area contributed by atoms with Gasteiger partial charge in [0.1, 0.15) is 11.6 Å². The van der Waals surface area contributed by atoms with Crippen molar-refractivity contribution in [3.8, 4) is 17.1 Å². The molecule has 0 saturated heterocycles. The van der Waals surface area contributed by atoms with Gasteiger partial charge >= 0.3 is 0 Å². The third-order valence-corrected chi connectivity index (χ3v) is 10.0. The summed E-state index contributed by atoms with van der Waals surface area (Å²) in [7, 11) is 0. The molecule has 4 aliphatic rings. The third-order valence-electron chi connectivity index (χ3n) is 10.0. The van der Waals surface area contributed by atoms with Gasteiger partial charge < -0.3 is 4.57 Å². The molecule has 0 saturated carbocycles. The van der Waals surface area contributed by atoms with Crippen molar-refractivity contribution in [3.63, 3.8) is 0 Å². The minimum absolute atomic E-state index is 0.183. The molecule has 3 unspecified atom stereocenters. The Balaban J connectivity index is 1.04. The average Bonchev–Trinajstić information content (AvgIpc) is 3.71. The number of nitrogens with zero attached hydrogens (tertiary/aromatic N) is 4. The second-order valence-electron chi connectivity index (χ2n) is 12.6. The van der Waals surface area contributed by atoms with E-state index in [4.69, 9.17) is 9.97 Å². The molecule has 3 atom stereocenters. The lowest BCUT2D eigenvalue weighted by atomic mass is 9.76. The fourth-order valence-electron chi connectivity index (χ4n) is 7.87. The topological polar surface area (TPSA) is 35.6 Å². The van der Waals surface area contributed by atoms with E-state index in [9.17, 15) is 0 Å². The summed E-state index contributed by atoms with van der Waals surface area (Å²) in [4.78, 5) is 10.2. The van der Waals surface area contributed by atoms with E-state index < -0.39 is 0 Å². The zero-order valence-electron chi connectivity index (χ0n) is 25.2. The van der Waals surface area contributed by atoms with Gasteiger partial charge in [0.2, 0.25) is 0 Å². The summed E-state index contributed by atoms with van der Waals surface area (Å²) in [6.45, 7) is 0. The molecular weight excluding hydrogens is 560 g/mol. The van der Waals surface area contributed by atoms with Gasteiger partial charge in [0, 0.05) is 28.7 Å². The van der Waals surface area contributed by atoms with Crippen LogP contribution >= 0.6 is 0 Å². The van der Waals surface area contributed by atoms with Crippen LogP contribution in [0.25, 0.3) is 44.7 Å². The van der Waals surface area contributed by atoms with Crippen molar-refractivity contribution in [2.45, 2.75) is 18.4 Å². The maximum Gasteiger partial charge on any atom is 0.145 e. The van der Waals surface area contributed by atoms with Crippen LogP contribution in [0.3, 0.4) is 0 Å².